The molecule has 4 heteroatoms. The molecule has 2 rings (SSSR count). The van der Waals surface area contributed by atoms with E-state index in [2.05, 4.69) is 43.4 Å². The van der Waals surface area contributed by atoms with E-state index < -0.39 is 0 Å². The van der Waals surface area contributed by atoms with Gasteiger partial charge in [0.2, 0.25) is 0 Å². The maximum Gasteiger partial charge on any atom is 0.120 e. The van der Waals surface area contributed by atoms with E-state index in [0.717, 1.165) is 56.6 Å². The van der Waals surface area contributed by atoms with Crippen LogP contribution in [0.5, 0.6) is 5.75 Å². The molecular weight excluding hydrogens is 362 g/mol. The molecule has 4 nitrogen and oxygen atoms in total. The first-order valence-electron chi connectivity index (χ1n) is 10.8. The van der Waals surface area contributed by atoms with Crippen LogP contribution in [0.15, 0.2) is 48.3 Å². The molecule has 1 aliphatic rings. The summed E-state index contributed by atoms with van der Waals surface area (Å²) < 4.78 is 11.1. The molecule has 0 fully saturated rings. The lowest BCUT2D eigenvalue weighted by Crippen LogP contribution is -2.40. The second-order valence-electron chi connectivity index (χ2n) is 8.13. The summed E-state index contributed by atoms with van der Waals surface area (Å²) >= 11 is 0. The number of aryl methyl sites for hydroxylation is 1. The number of aldehydes is 1. The monoisotopic (exact) mass is 399 g/mol. The van der Waals surface area contributed by atoms with E-state index in [1.165, 1.54) is 5.56 Å². The second-order valence-corrected chi connectivity index (χ2v) is 8.13. The highest BCUT2D eigenvalue weighted by Crippen LogP contribution is 2.50. The fourth-order valence-corrected chi connectivity index (χ4v) is 4.62. The second kappa shape index (κ2) is 11.8. The Kier molecular flexibility index (Phi) is 9.46. The molecular formula is C25H37NO3. The van der Waals surface area contributed by atoms with E-state index in [0.29, 0.717) is 12.3 Å². The highest BCUT2D eigenvalue weighted by molar-refractivity contribution is 5.51. The largest absolute Gasteiger partial charge is 0.500 e. The zero-order valence-corrected chi connectivity index (χ0v) is 18.4. The lowest BCUT2D eigenvalue weighted by atomic mass is 9.61. The smallest absolute Gasteiger partial charge is 0.120 e. The van der Waals surface area contributed by atoms with Gasteiger partial charge in [-0.15, -0.1) is 0 Å². The van der Waals surface area contributed by atoms with Crippen molar-refractivity contribution in [2.45, 2.75) is 46.0 Å². The van der Waals surface area contributed by atoms with Crippen LogP contribution in [0.25, 0.3) is 0 Å². The van der Waals surface area contributed by atoms with Crippen molar-refractivity contribution in [3.63, 3.8) is 0 Å². The number of allylic oxidation sites excluding steroid dienone is 4. The SMILES string of the molecule is COC1=CC=CC(CC=O)C1(CCCNCCCc1cccc(OC)c1)C(C)C. The van der Waals surface area contributed by atoms with Crippen molar-refractivity contribution < 1.29 is 14.3 Å². The van der Waals surface area contributed by atoms with E-state index in [1.54, 1.807) is 14.2 Å². The number of methoxy groups -OCH3 is 2. The third kappa shape index (κ3) is 5.96. The fraction of sp³-hybridized carbons (Fsp3) is 0.560. The molecule has 1 aliphatic carbocycles. The third-order valence-corrected chi connectivity index (χ3v) is 6.21. The van der Waals surface area contributed by atoms with E-state index in [-0.39, 0.29) is 11.3 Å². The van der Waals surface area contributed by atoms with Gasteiger partial charge in [-0.1, -0.05) is 38.1 Å². The number of hydrogen-bond donors (Lipinski definition) is 1. The summed E-state index contributed by atoms with van der Waals surface area (Å²) in [6, 6.07) is 8.28. The number of rotatable bonds is 13. The van der Waals surface area contributed by atoms with Crippen molar-refractivity contribution in [3.8, 4) is 5.75 Å². The standard InChI is InChI=1S/C25H37NO3/c1-20(2)25(22(14-18-27)11-6-13-24(25)29-4)15-8-17-26-16-7-10-21-9-5-12-23(19-21)28-3/h5-6,9,11-13,18-20,22,26H,7-8,10,14-17H2,1-4H3. The fourth-order valence-electron chi connectivity index (χ4n) is 4.62. The minimum Gasteiger partial charge on any atom is -0.500 e. The Balaban J connectivity index is 1.82. The van der Waals surface area contributed by atoms with Crippen LogP contribution in [-0.4, -0.2) is 33.6 Å². The van der Waals surface area contributed by atoms with E-state index in [4.69, 9.17) is 9.47 Å². The Hall–Kier alpha value is -2.07. The number of benzene rings is 1. The molecule has 0 radical (unpaired) electrons. The molecule has 1 N–H and O–H groups in total. The molecule has 0 amide bonds. The molecule has 0 bridgehead atoms. The quantitative estimate of drug-likeness (QED) is 0.377. The van der Waals surface area contributed by atoms with Crippen LogP contribution in [0.4, 0.5) is 0 Å². The van der Waals surface area contributed by atoms with Gasteiger partial charge in [-0.2, -0.15) is 0 Å². The molecule has 0 heterocycles. The number of hydrogen-bond acceptors (Lipinski definition) is 4. The Labute approximate surface area is 176 Å². The highest BCUT2D eigenvalue weighted by Gasteiger charge is 2.45. The highest BCUT2D eigenvalue weighted by atomic mass is 16.5. The molecule has 1 aromatic carbocycles. The summed E-state index contributed by atoms with van der Waals surface area (Å²) in [5, 5.41) is 3.58. The molecule has 0 aromatic heterocycles. The van der Waals surface area contributed by atoms with Gasteiger partial charge in [-0.25, -0.2) is 0 Å². The average Bonchev–Trinajstić information content (AvgIpc) is 2.73. The van der Waals surface area contributed by atoms with Gasteiger partial charge in [-0.05, 0) is 74.4 Å². The molecule has 0 saturated carbocycles. The van der Waals surface area contributed by atoms with Gasteiger partial charge >= 0.3 is 0 Å². The first-order chi connectivity index (χ1) is 14.1. The van der Waals surface area contributed by atoms with Crippen LogP contribution in [-0.2, 0) is 16.0 Å². The molecule has 2 atom stereocenters. The lowest BCUT2D eigenvalue weighted by molar-refractivity contribution is -0.109. The van der Waals surface area contributed by atoms with Crippen molar-refractivity contribution >= 4 is 6.29 Å². The molecule has 160 valence electrons. The van der Waals surface area contributed by atoms with Crippen molar-refractivity contribution in [2.24, 2.45) is 17.3 Å². The Bertz CT molecular complexity index is 695. The summed E-state index contributed by atoms with van der Waals surface area (Å²) in [5.41, 5.74) is 1.21. The Morgan fingerprint density at radius 3 is 2.66 bits per heavy atom. The van der Waals surface area contributed by atoms with Crippen molar-refractivity contribution in [2.75, 3.05) is 27.3 Å². The number of carbonyl (C=O) groups is 1. The van der Waals surface area contributed by atoms with Crippen LogP contribution in [0.2, 0.25) is 0 Å². The minimum atomic E-state index is -0.104. The van der Waals surface area contributed by atoms with Gasteiger partial charge < -0.3 is 19.6 Å². The third-order valence-electron chi connectivity index (χ3n) is 6.21. The zero-order valence-electron chi connectivity index (χ0n) is 18.4. The summed E-state index contributed by atoms with van der Waals surface area (Å²) in [5.74, 6) is 2.53. The van der Waals surface area contributed by atoms with E-state index in [1.807, 2.05) is 18.2 Å². The molecule has 0 aliphatic heterocycles. The van der Waals surface area contributed by atoms with Gasteiger partial charge in [0, 0.05) is 11.8 Å². The Morgan fingerprint density at radius 1 is 1.17 bits per heavy atom. The molecule has 1 aromatic rings. The van der Waals surface area contributed by atoms with Gasteiger partial charge in [-0.3, -0.25) is 0 Å². The number of ether oxygens (including phenoxy) is 2. The maximum absolute atomic E-state index is 11.3. The summed E-state index contributed by atoms with van der Waals surface area (Å²) in [7, 11) is 3.45. The van der Waals surface area contributed by atoms with Gasteiger partial charge in [0.05, 0.1) is 14.2 Å². The van der Waals surface area contributed by atoms with Crippen molar-refractivity contribution in [1.29, 1.82) is 0 Å². The first-order valence-corrected chi connectivity index (χ1v) is 10.8. The van der Waals surface area contributed by atoms with Crippen molar-refractivity contribution in [1.82, 2.24) is 5.32 Å². The Morgan fingerprint density at radius 2 is 1.97 bits per heavy atom. The maximum atomic E-state index is 11.3. The van der Waals surface area contributed by atoms with Crippen LogP contribution in [0, 0.1) is 17.3 Å². The average molecular weight is 400 g/mol. The number of carbonyl (C=O) groups excluding carboxylic acids is 1. The van der Waals surface area contributed by atoms with Crippen LogP contribution >= 0.6 is 0 Å². The van der Waals surface area contributed by atoms with Gasteiger partial charge in [0.15, 0.2) is 0 Å². The predicted octanol–water partition coefficient (Wildman–Crippen LogP) is 4.95. The normalized spacial score (nSPS) is 21.1. The van der Waals surface area contributed by atoms with Gasteiger partial charge in [0.1, 0.15) is 17.8 Å². The zero-order chi connectivity index (χ0) is 21.1. The molecule has 0 saturated heterocycles. The van der Waals surface area contributed by atoms with Crippen LogP contribution < -0.4 is 10.1 Å². The minimum absolute atomic E-state index is 0.104. The van der Waals surface area contributed by atoms with E-state index in [9.17, 15) is 4.79 Å². The summed E-state index contributed by atoms with van der Waals surface area (Å²) in [6.45, 7) is 6.45. The first kappa shape index (κ1) is 23.2. The van der Waals surface area contributed by atoms with Crippen molar-refractivity contribution in [3.05, 3.63) is 53.8 Å². The topological polar surface area (TPSA) is 47.6 Å². The van der Waals surface area contributed by atoms with Crippen LogP contribution in [0.3, 0.4) is 0 Å². The summed E-state index contributed by atoms with van der Waals surface area (Å²) in [4.78, 5) is 11.3. The molecule has 2 unspecified atom stereocenters. The lowest BCUT2D eigenvalue weighted by Gasteiger charge is -2.45. The molecule has 0 spiro atoms. The van der Waals surface area contributed by atoms with Crippen LogP contribution in [0.1, 0.15) is 45.1 Å². The van der Waals surface area contributed by atoms with Gasteiger partial charge in [0.25, 0.3) is 0 Å². The summed E-state index contributed by atoms with van der Waals surface area (Å²) in [6.07, 6.45) is 12.1. The van der Waals surface area contributed by atoms with E-state index >= 15 is 0 Å². The predicted molar refractivity (Wildman–Crippen MR) is 119 cm³/mol. The number of nitrogens with one attached hydrogen (secondary N) is 1. The molecule has 29 heavy (non-hydrogen) atoms.